The lowest BCUT2D eigenvalue weighted by atomic mass is 10.0. The molecule has 0 saturated carbocycles. The SMILES string of the molecule is N=C(N)NCCC[C@H](NC(=O)[C@H](CCCNC(=N)N)NC(=O)[C@H](Cc1ccc(O)cc1)NC(=O)[C@H](CS)NC(=O)[C@H](CS)NC(=O)[C@H](CCC(=O)O)NC(=O)[C@H](CS)NC(=O)[C@H](CC(=O)O)NC(=O)[C@H](CO)NC(=O)[C@H](CC(N)=O)NC(=O)[C@H](Cc1c[nH]c2ccccc12)NC(=O)[C@H](CS)NC(=O)[C@@H](N)Cc1ccc(O)cc1)C(=O)O. The molecule has 13 amide bonds. The molecule has 3 aromatic carbocycles. The van der Waals surface area contributed by atoms with Crippen LogP contribution in [0.15, 0.2) is 79.0 Å². The highest BCUT2D eigenvalue weighted by Gasteiger charge is 2.38. The van der Waals surface area contributed by atoms with Crippen molar-refractivity contribution in [3.63, 3.8) is 0 Å². The third-order valence-corrected chi connectivity index (χ3v) is 18.6. The molecule has 0 saturated heterocycles. The zero-order valence-electron chi connectivity index (χ0n) is 62.1. The summed E-state index contributed by atoms with van der Waals surface area (Å²) in [6.07, 6.45) is -3.15. The number of aromatic amines is 1. The number of benzene rings is 3. The van der Waals surface area contributed by atoms with Crippen LogP contribution >= 0.6 is 50.5 Å². The van der Waals surface area contributed by atoms with E-state index in [0.29, 0.717) is 27.6 Å². The maximum absolute atomic E-state index is 14.4. The number of hydrogen-bond donors (Lipinski definition) is 31. The van der Waals surface area contributed by atoms with Gasteiger partial charge in [-0.15, -0.1) is 0 Å². The van der Waals surface area contributed by atoms with E-state index in [9.17, 15) is 107 Å². The van der Waals surface area contributed by atoms with Crippen molar-refractivity contribution in [3.05, 3.63) is 95.7 Å². The van der Waals surface area contributed by atoms with E-state index < -0.39 is 229 Å². The molecule has 0 spiro atoms. The molecule has 0 bridgehead atoms. The van der Waals surface area contributed by atoms with Gasteiger partial charge in [0.2, 0.25) is 76.8 Å². The summed E-state index contributed by atoms with van der Waals surface area (Å²) in [5, 5.41) is 108. The molecule has 47 heteroatoms. The van der Waals surface area contributed by atoms with Crippen molar-refractivity contribution in [1.29, 1.82) is 10.8 Å². The van der Waals surface area contributed by atoms with Crippen LogP contribution in [-0.4, -0.2) is 263 Å². The van der Waals surface area contributed by atoms with Crippen LogP contribution in [0.1, 0.15) is 68.1 Å². The topological polar surface area (TPSA) is 730 Å². The van der Waals surface area contributed by atoms with Crippen molar-refractivity contribution in [2.45, 2.75) is 149 Å². The Morgan fingerprint density at radius 2 is 0.741 bits per heavy atom. The first-order chi connectivity index (χ1) is 54.9. The molecule has 0 fully saturated rings. The minimum Gasteiger partial charge on any atom is -0.508 e. The van der Waals surface area contributed by atoms with Crippen LogP contribution in [0.25, 0.3) is 10.9 Å². The number of nitrogens with two attached hydrogens (primary N) is 4. The van der Waals surface area contributed by atoms with Gasteiger partial charge >= 0.3 is 17.9 Å². The molecule has 0 aliphatic heterocycles. The number of guanidine groups is 2. The number of para-hydroxylation sites is 1. The zero-order chi connectivity index (χ0) is 86.5. The van der Waals surface area contributed by atoms with Crippen LogP contribution < -0.4 is 97.4 Å². The van der Waals surface area contributed by atoms with Crippen molar-refractivity contribution in [1.82, 2.24) is 79.4 Å². The summed E-state index contributed by atoms with van der Waals surface area (Å²) in [5.74, 6) is -23.1. The van der Waals surface area contributed by atoms with Gasteiger partial charge in [-0.05, 0) is 85.5 Å². The average Bonchev–Trinajstić information content (AvgIpc) is 1.66. The molecule has 116 heavy (non-hydrogen) atoms. The van der Waals surface area contributed by atoms with E-state index in [4.69, 9.17) is 33.8 Å². The third-order valence-electron chi connectivity index (χ3n) is 17.1. The van der Waals surface area contributed by atoms with Crippen molar-refractivity contribution in [3.8, 4) is 11.5 Å². The number of phenols is 2. The molecule has 13 atom stereocenters. The number of carboxylic acids is 3. The predicted octanol–water partition coefficient (Wildman–Crippen LogP) is -7.71. The normalized spacial score (nSPS) is 14.3. The van der Waals surface area contributed by atoms with Crippen LogP contribution in [0, 0.1) is 10.8 Å². The van der Waals surface area contributed by atoms with Gasteiger partial charge in [-0.3, -0.25) is 82.7 Å². The minimum absolute atomic E-state index is 0.0124. The van der Waals surface area contributed by atoms with Gasteiger partial charge in [-0.1, -0.05) is 42.5 Å². The number of carbonyl (C=O) groups is 16. The zero-order valence-corrected chi connectivity index (χ0v) is 65.6. The lowest BCUT2D eigenvalue weighted by molar-refractivity contribution is -0.142. The molecular weight excluding hydrogens is 1600 g/mol. The maximum Gasteiger partial charge on any atom is 0.326 e. The number of aliphatic hydroxyl groups is 1. The first-order valence-corrected chi connectivity index (χ1v) is 38.1. The summed E-state index contributed by atoms with van der Waals surface area (Å²) >= 11 is 16.7. The number of aromatic hydroxyl groups is 2. The molecular formula is C69H97N21O22S4. The van der Waals surface area contributed by atoms with Gasteiger partial charge in [-0.25, -0.2) is 4.79 Å². The fourth-order valence-corrected chi connectivity index (χ4v) is 12.0. The second-order valence-corrected chi connectivity index (χ2v) is 27.5. The number of rotatable bonds is 51. The number of phenolic OH excluding ortho intramolecular Hbond substituents is 2. The molecule has 43 nitrogen and oxygen atoms in total. The van der Waals surface area contributed by atoms with Gasteiger partial charge in [-0.2, -0.15) is 50.5 Å². The van der Waals surface area contributed by atoms with E-state index in [0.717, 1.165) is 0 Å². The number of fused-ring (bicyclic) bond motifs is 1. The van der Waals surface area contributed by atoms with Gasteiger partial charge in [0.25, 0.3) is 0 Å². The Bertz CT molecular complexity index is 4150. The van der Waals surface area contributed by atoms with Crippen molar-refractivity contribution in [2.75, 3.05) is 42.7 Å². The predicted molar refractivity (Wildman–Crippen MR) is 428 cm³/mol. The van der Waals surface area contributed by atoms with Crippen LogP contribution in [0.4, 0.5) is 0 Å². The number of aliphatic carboxylic acids is 3. The number of amides is 13. The Morgan fingerprint density at radius 1 is 0.397 bits per heavy atom. The van der Waals surface area contributed by atoms with Gasteiger partial charge < -0.3 is 133 Å². The molecule has 1 aromatic heterocycles. The number of carboxylic acid groups (broad SMARTS) is 3. The standard InChI is InChI=1S/C69H97N21O22S4/c70-38(21-32-9-13-35(92)14-10-32)55(99)87-48(28-113)64(108)83-44(23-34-26-78-39-6-2-1-5-37(34)39)59(103)84-45(24-52(71)94)60(104)86-47(27-91)62(106)85-46(25-54(97)98)61(105)89-49(29-114)63(107)80-41(17-18-53(95)96)57(101)88-51(31-116)66(110)90-50(30-115)65(109)82-43(22-33-11-15-36(93)16-12-33)58(102)79-40(7-3-19-76-68(72)73)56(100)81-42(67(111)112)8-4-20-77-69(74)75/h1-2,5-6,9-16,26,38,40-51,78,91-93,113-116H,3-4,7-8,17-25,27-31,70H2,(H2,71,94)(H,79,102)(H,80,107)(H,81,100)(H,82,109)(H,83,108)(H,84,103)(H,85,106)(H,86,104)(H,87,99)(H,88,101)(H,89,105)(H,90,110)(H,95,96)(H,97,98)(H,111,112)(H4,72,73,76)(H4,74,75,77)/t38-,40-,41-,42-,43-,44-,45-,46-,47-,48-,49-,50-,51-/m0/s1. The highest BCUT2D eigenvalue weighted by atomic mass is 32.1. The van der Waals surface area contributed by atoms with Crippen molar-refractivity contribution >= 4 is 168 Å². The van der Waals surface area contributed by atoms with Gasteiger partial charge in [0, 0.05) is 72.5 Å². The van der Waals surface area contributed by atoms with E-state index in [1.54, 1.807) is 24.3 Å². The number of primary amides is 1. The minimum atomic E-state index is -2.19. The van der Waals surface area contributed by atoms with E-state index in [-0.39, 0.29) is 81.2 Å². The van der Waals surface area contributed by atoms with Crippen molar-refractivity contribution in [2.24, 2.45) is 22.9 Å². The number of carbonyl (C=O) groups excluding carboxylic acids is 13. The maximum atomic E-state index is 14.4. The van der Waals surface area contributed by atoms with Crippen LogP contribution in [0.5, 0.6) is 11.5 Å². The van der Waals surface area contributed by atoms with Crippen LogP contribution in [-0.2, 0) is 96.0 Å². The summed E-state index contributed by atoms with van der Waals surface area (Å²) < 4.78 is 0. The molecule has 1 heterocycles. The summed E-state index contributed by atoms with van der Waals surface area (Å²) in [6.45, 7) is -1.24. The van der Waals surface area contributed by atoms with E-state index >= 15 is 0 Å². The van der Waals surface area contributed by atoms with Gasteiger partial charge in [0.05, 0.1) is 25.5 Å². The van der Waals surface area contributed by atoms with Crippen molar-refractivity contribution < 1.29 is 107 Å². The summed E-state index contributed by atoms with van der Waals surface area (Å²) in [5.41, 5.74) is 24.3. The van der Waals surface area contributed by atoms with E-state index in [2.05, 4.69) is 125 Å². The Morgan fingerprint density at radius 3 is 1.16 bits per heavy atom. The monoisotopic (exact) mass is 1700 g/mol. The first-order valence-electron chi connectivity index (χ1n) is 35.6. The fraction of sp³-hybridized carbons (Fsp3) is 0.449. The van der Waals surface area contributed by atoms with E-state index in [1.165, 1.54) is 54.7 Å². The fourth-order valence-electron chi connectivity index (χ4n) is 10.9. The third kappa shape index (κ3) is 33.3. The first kappa shape index (κ1) is 96.5. The van der Waals surface area contributed by atoms with Crippen LogP contribution in [0.2, 0.25) is 0 Å². The Kier molecular flexibility index (Phi) is 40.8. The number of aliphatic hydroxyl groups excluding tert-OH is 1. The summed E-state index contributed by atoms with van der Waals surface area (Å²) in [4.78, 5) is 220. The molecule has 4 aromatic rings. The molecule has 634 valence electrons. The number of thiol groups is 4. The number of aromatic nitrogens is 1. The van der Waals surface area contributed by atoms with Gasteiger partial charge in [0.1, 0.15) is 84.0 Å². The molecule has 0 radical (unpaired) electrons. The average molecular weight is 1700 g/mol. The highest BCUT2D eigenvalue weighted by molar-refractivity contribution is 7.80. The van der Waals surface area contributed by atoms with Gasteiger partial charge in [0.15, 0.2) is 11.9 Å². The highest BCUT2D eigenvalue weighted by Crippen LogP contribution is 2.21. The number of H-pyrrole nitrogens is 1. The molecule has 31 N–H and O–H groups in total. The largest absolute Gasteiger partial charge is 0.508 e. The summed E-state index contributed by atoms with van der Waals surface area (Å²) in [7, 11) is 0. The Labute approximate surface area is 684 Å². The lowest BCUT2D eigenvalue weighted by Crippen LogP contribution is -2.62. The molecule has 0 aliphatic carbocycles. The Hall–Kier alpha value is -11.8. The summed E-state index contributed by atoms with van der Waals surface area (Å²) in [6, 6.07) is -4.47. The quantitative estimate of drug-likeness (QED) is 0.00845. The second-order valence-electron chi connectivity index (χ2n) is 26.1. The molecule has 4 rings (SSSR count). The molecule has 0 aliphatic rings. The van der Waals surface area contributed by atoms with E-state index in [1.807, 2.05) is 5.32 Å². The van der Waals surface area contributed by atoms with Crippen LogP contribution in [0.3, 0.4) is 0 Å². The molecule has 0 unspecified atom stereocenters. The number of hydrogen-bond acceptors (Lipinski definition) is 26. The number of nitrogens with one attached hydrogen (secondary N) is 17. The smallest absolute Gasteiger partial charge is 0.326 e. The second kappa shape index (κ2) is 49.1. The lowest BCUT2D eigenvalue weighted by Gasteiger charge is -2.27. The Balaban J connectivity index is 1.50.